The van der Waals surface area contributed by atoms with Crippen molar-refractivity contribution < 1.29 is 9.53 Å². The van der Waals surface area contributed by atoms with Crippen molar-refractivity contribution in [1.82, 2.24) is 19.7 Å². The molecule has 162 valence electrons. The van der Waals surface area contributed by atoms with Gasteiger partial charge in [-0.3, -0.25) is 14.3 Å². The molecule has 1 atom stereocenters. The monoisotopic (exact) mass is 445 g/mol. The van der Waals surface area contributed by atoms with Gasteiger partial charge in [-0.05, 0) is 62.4 Å². The number of pyridine rings is 1. The van der Waals surface area contributed by atoms with Crippen LogP contribution >= 0.6 is 11.8 Å². The van der Waals surface area contributed by atoms with Crippen LogP contribution in [0.5, 0.6) is 5.75 Å². The van der Waals surface area contributed by atoms with Gasteiger partial charge in [-0.2, -0.15) is 0 Å². The van der Waals surface area contributed by atoms with Crippen molar-refractivity contribution in [3.05, 3.63) is 78.6 Å². The predicted molar refractivity (Wildman–Crippen MR) is 126 cm³/mol. The highest BCUT2D eigenvalue weighted by Crippen LogP contribution is 2.31. The number of methoxy groups -OCH3 is 1. The third kappa shape index (κ3) is 4.81. The third-order valence-corrected chi connectivity index (χ3v) is 5.90. The van der Waals surface area contributed by atoms with E-state index in [2.05, 4.69) is 20.5 Å². The minimum Gasteiger partial charge on any atom is -0.497 e. The van der Waals surface area contributed by atoms with Gasteiger partial charge in [0.1, 0.15) is 5.75 Å². The van der Waals surface area contributed by atoms with E-state index >= 15 is 0 Å². The molecule has 2 aromatic carbocycles. The predicted octanol–water partition coefficient (Wildman–Crippen LogP) is 4.77. The fourth-order valence-corrected chi connectivity index (χ4v) is 3.95. The molecule has 32 heavy (non-hydrogen) atoms. The molecule has 2 heterocycles. The number of nitrogens with one attached hydrogen (secondary N) is 1. The number of carbonyl (C=O) groups excluding carboxylic acids is 1. The van der Waals surface area contributed by atoms with Crippen LogP contribution in [0.4, 0.5) is 5.69 Å². The van der Waals surface area contributed by atoms with Crippen LogP contribution in [-0.2, 0) is 4.79 Å². The number of carbonyl (C=O) groups is 1. The Morgan fingerprint density at radius 2 is 1.81 bits per heavy atom. The van der Waals surface area contributed by atoms with Gasteiger partial charge < -0.3 is 10.1 Å². The van der Waals surface area contributed by atoms with E-state index in [1.165, 1.54) is 11.8 Å². The van der Waals surface area contributed by atoms with Crippen molar-refractivity contribution in [1.29, 1.82) is 0 Å². The maximum atomic E-state index is 12.8. The lowest BCUT2D eigenvalue weighted by atomic mass is 10.2. The zero-order valence-corrected chi connectivity index (χ0v) is 18.8. The van der Waals surface area contributed by atoms with E-state index in [0.717, 1.165) is 28.3 Å². The van der Waals surface area contributed by atoms with Gasteiger partial charge in [0.25, 0.3) is 0 Å². The minimum atomic E-state index is -0.390. The van der Waals surface area contributed by atoms with Crippen molar-refractivity contribution in [3.63, 3.8) is 0 Å². The standard InChI is InChI=1S/C24H23N5O2S/c1-16-6-8-19(9-7-16)26-23(30)17(2)32-24-28-27-22(18-5-4-14-25-15-18)29(24)20-10-12-21(31-3)13-11-20/h4-15,17H,1-3H3,(H,26,30). The van der Waals surface area contributed by atoms with Gasteiger partial charge in [0, 0.05) is 29.3 Å². The average molecular weight is 446 g/mol. The lowest BCUT2D eigenvalue weighted by molar-refractivity contribution is -0.115. The normalized spacial score (nSPS) is 11.7. The Balaban J connectivity index is 1.63. The molecule has 1 amide bonds. The van der Waals surface area contributed by atoms with E-state index in [1.807, 2.05) is 79.1 Å². The number of aromatic nitrogens is 4. The smallest absolute Gasteiger partial charge is 0.237 e. The molecule has 0 fully saturated rings. The molecule has 1 unspecified atom stereocenters. The molecule has 8 heteroatoms. The van der Waals surface area contributed by atoms with Crippen molar-refractivity contribution in [2.75, 3.05) is 12.4 Å². The number of rotatable bonds is 7. The molecule has 2 aromatic heterocycles. The summed E-state index contributed by atoms with van der Waals surface area (Å²) in [6, 6.07) is 19.1. The lowest BCUT2D eigenvalue weighted by Crippen LogP contribution is -2.22. The Bertz CT molecular complexity index is 1190. The van der Waals surface area contributed by atoms with Crippen molar-refractivity contribution in [2.24, 2.45) is 0 Å². The maximum Gasteiger partial charge on any atom is 0.237 e. The van der Waals surface area contributed by atoms with Crippen LogP contribution in [0.25, 0.3) is 17.1 Å². The Morgan fingerprint density at radius 1 is 1.06 bits per heavy atom. The number of nitrogens with zero attached hydrogens (tertiary/aromatic N) is 4. The fraction of sp³-hybridized carbons (Fsp3) is 0.167. The number of hydrogen-bond donors (Lipinski definition) is 1. The molecule has 0 spiro atoms. The van der Waals surface area contributed by atoms with E-state index in [0.29, 0.717) is 11.0 Å². The molecule has 0 aliphatic rings. The number of ether oxygens (including phenoxy) is 1. The highest BCUT2D eigenvalue weighted by Gasteiger charge is 2.22. The second-order valence-corrected chi connectivity index (χ2v) is 8.50. The molecule has 0 aliphatic carbocycles. The Labute approximate surface area is 190 Å². The largest absolute Gasteiger partial charge is 0.497 e. The summed E-state index contributed by atoms with van der Waals surface area (Å²) < 4.78 is 7.21. The molecule has 0 aliphatic heterocycles. The van der Waals surface area contributed by atoms with Crippen LogP contribution in [-0.4, -0.2) is 38.0 Å². The highest BCUT2D eigenvalue weighted by atomic mass is 32.2. The summed E-state index contributed by atoms with van der Waals surface area (Å²) in [4.78, 5) is 17.0. The summed E-state index contributed by atoms with van der Waals surface area (Å²) in [5.74, 6) is 1.30. The van der Waals surface area contributed by atoms with E-state index in [-0.39, 0.29) is 11.2 Å². The van der Waals surface area contributed by atoms with Crippen LogP contribution < -0.4 is 10.1 Å². The second-order valence-electron chi connectivity index (χ2n) is 7.20. The number of aryl methyl sites for hydroxylation is 1. The maximum absolute atomic E-state index is 12.8. The van der Waals surface area contributed by atoms with Gasteiger partial charge in [-0.1, -0.05) is 29.5 Å². The first-order chi connectivity index (χ1) is 15.5. The van der Waals surface area contributed by atoms with E-state index in [4.69, 9.17) is 4.74 Å². The Kier molecular flexibility index (Phi) is 6.51. The Morgan fingerprint density at radius 3 is 2.47 bits per heavy atom. The SMILES string of the molecule is COc1ccc(-n2c(SC(C)C(=O)Nc3ccc(C)cc3)nnc2-c2cccnc2)cc1. The fourth-order valence-electron chi connectivity index (χ4n) is 3.08. The molecule has 0 radical (unpaired) electrons. The van der Waals surface area contributed by atoms with Gasteiger partial charge in [-0.25, -0.2) is 0 Å². The zero-order chi connectivity index (χ0) is 22.5. The quantitative estimate of drug-likeness (QED) is 0.413. The summed E-state index contributed by atoms with van der Waals surface area (Å²) in [5, 5.41) is 12.0. The topological polar surface area (TPSA) is 81.9 Å². The number of thioether (sulfide) groups is 1. The summed E-state index contributed by atoms with van der Waals surface area (Å²) in [6.07, 6.45) is 3.46. The van der Waals surface area contributed by atoms with E-state index in [1.54, 1.807) is 19.5 Å². The van der Waals surface area contributed by atoms with Gasteiger partial charge in [0.15, 0.2) is 11.0 Å². The number of anilines is 1. The van der Waals surface area contributed by atoms with E-state index < -0.39 is 0 Å². The highest BCUT2D eigenvalue weighted by molar-refractivity contribution is 8.00. The first kappa shape index (κ1) is 21.6. The molecule has 7 nitrogen and oxygen atoms in total. The molecule has 0 saturated carbocycles. The average Bonchev–Trinajstić information content (AvgIpc) is 3.24. The third-order valence-electron chi connectivity index (χ3n) is 4.85. The first-order valence-electron chi connectivity index (χ1n) is 10.1. The summed E-state index contributed by atoms with van der Waals surface area (Å²) in [6.45, 7) is 3.86. The molecule has 4 aromatic rings. The summed E-state index contributed by atoms with van der Waals surface area (Å²) in [5.41, 5.74) is 3.60. The number of amides is 1. The molecule has 1 N–H and O–H groups in total. The first-order valence-corrected chi connectivity index (χ1v) is 11.0. The van der Waals surface area contributed by atoms with Crippen LogP contribution in [0.15, 0.2) is 78.2 Å². The van der Waals surface area contributed by atoms with Crippen molar-refractivity contribution in [3.8, 4) is 22.8 Å². The molecule has 4 rings (SSSR count). The molecular weight excluding hydrogens is 422 g/mol. The molecule has 0 bridgehead atoms. The van der Waals surface area contributed by atoms with Gasteiger partial charge >= 0.3 is 0 Å². The summed E-state index contributed by atoms with van der Waals surface area (Å²) in [7, 11) is 1.63. The van der Waals surface area contributed by atoms with Crippen molar-refractivity contribution >= 4 is 23.4 Å². The molecular formula is C24H23N5O2S. The van der Waals surface area contributed by atoms with Gasteiger partial charge in [0.05, 0.1) is 12.4 Å². The Hall–Kier alpha value is -3.65. The number of hydrogen-bond acceptors (Lipinski definition) is 6. The zero-order valence-electron chi connectivity index (χ0n) is 18.0. The lowest BCUT2D eigenvalue weighted by Gasteiger charge is -2.14. The van der Waals surface area contributed by atoms with E-state index in [9.17, 15) is 4.79 Å². The second kappa shape index (κ2) is 9.65. The van der Waals surface area contributed by atoms with Crippen LogP contribution in [0, 0.1) is 6.92 Å². The van der Waals surface area contributed by atoms with Crippen LogP contribution in [0.1, 0.15) is 12.5 Å². The van der Waals surface area contributed by atoms with Gasteiger partial charge in [-0.15, -0.1) is 10.2 Å². The number of benzene rings is 2. The minimum absolute atomic E-state index is 0.105. The molecule has 0 saturated heterocycles. The van der Waals surface area contributed by atoms with Gasteiger partial charge in [0.2, 0.25) is 5.91 Å². The summed E-state index contributed by atoms with van der Waals surface area (Å²) >= 11 is 1.35. The van der Waals surface area contributed by atoms with Crippen LogP contribution in [0.2, 0.25) is 0 Å². The van der Waals surface area contributed by atoms with Crippen molar-refractivity contribution in [2.45, 2.75) is 24.3 Å². The van der Waals surface area contributed by atoms with Crippen LogP contribution in [0.3, 0.4) is 0 Å².